The number of aromatic nitrogens is 3. The van der Waals surface area contributed by atoms with E-state index in [1.54, 1.807) is 6.33 Å². The summed E-state index contributed by atoms with van der Waals surface area (Å²) in [6.45, 7) is 2.78. The van der Waals surface area contributed by atoms with Crippen LogP contribution in [-0.2, 0) is 0 Å². The SMILES string of the molecule is Cc1cc2cncn2c([C@@H]2CCCCN2C(=O)c2cccs2)n1. The molecule has 0 unspecified atom stereocenters. The van der Waals surface area contributed by atoms with E-state index in [2.05, 4.69) is 4.98 Å². The molecule has 6 heteroatoms. The van der Waals surface area contributed by atoms with E-state index < -0.39 is 0 Å². The van der Waals surface area contributed by atoms with Gasteiger partial charge in [0.25, 0.3) is 5.91 Å². The molecule has 0 bridgehead atoms. The van der Waals surface area contributed by atoms with Crippen molar-refractivity contribution < 1.29 is 4.79 Å². The number of thiophene rings is 1. The smallest absolute Gasteiger partial charge is 0.264 e. The van der Waals surface area contributed by atoms with E-state index in [1.165, 1.54) is 11.3 Å². The van der Waals surface area contributed by atoms with Gasteiger partial charge < -0.3 is 4.90 Å². The molecule has 1 saturated heterocycles. The maximum Gasteiger partial charge on any atom is 0.264 e. The fourth-order valence-corrected chi connectivity index (χ4v) is 3.98. The van der Waals surface area contributed by atoms with Crippen LogP contribution in [0.25, 0.3) is 5.52 Å². The van der Waals surface area contributed by atoms with Crippen molar-refractivity contribution in [3.8, 4) is 0 Å². The largest absolute Gasteiger partial charge is 0.328 e. The molecule has 0 aliphatic carbocycles. The molecule has 0 saturated carbocycles. The number of nitrogens with zero attached hydrogens (tertiary/aromatic N) is 4. The minimum atomic E-state index is 0.00921. The maximum absolute atomic E-state index is 12.9. The van der Waals surface area contributed by atoms with Crippen molar-refractivity contribution in [1.82, 2.24) is 19.3 Å². The first kappa shape index (κ1) is 14.4. The Morgan fingerprint density at radius 3 is 3.13 bits per heavy atom. The van der Waals surface area contributed by atoms with Gasteiger partial charge >= 0.3 is 0 Å². The Hall–Kier alpha value is -2.21. The van der Waals surface area contributed by atoms with E-state index in [4.69, 9.17) is 4.98 Å². The standard InChI is InChI=1S/C17H18N4OS/c1-12-9-13-10-18-11-21(13)16(19-12)14-5-2-3-7-20(14)17(22)15-6-4-8-23-15/h4,6,8-11,14H,2-3,5,7H2,1H3/t14-/m0/s1. The van der Waals surface area contributed by atoms with E-state index >= 15 is 0 Å². The average molecular weight is 326 g/mol. The number of piperidine rings is 1. The Kier molecular flexibility index (Phi) is 3.61. The lowest BCUT2D eigenvalue weighted by Gasteiger charge is -2.35. The van der Waals surface area contributed by atoms with Crippen molar-refractivity contribution in [3.05, 3.63) is 52.5 Å². The molecule has 0 spiro atoms. The van der Waals surface area contributed by atoms with Gasteiger partial charge in [-0.2, -0.15) is 0 Å². The van der Waals surface area contributed by atoms with Crippen LogP contribution in [0.15, 0.2) is 36.1 Å². The number of amides is 1. The van der Waals surface area contributed by atoms with Crippen LogP contribution < -0.4 is 0 Å². The van der Waals surface area contributed by atoms with Crippen LogP contribution in [0.1, 0.15) is 46.5 Å². The number of hydrogen-bond donors (Lipinski definition) is 0. The van der Waals surface area contributed by atoms with Crippen LogP contribution in [0.5, 0.6) is 0 Å². The lowest BCUT2D eigenvalue weighted by atomic mass is 10.0. The van der Waals surface area contributed by atoms with Crippen molar-refractivity contribution in [2.75, 3.05) is 6.54 Å². The third-order valence-corrected chi connectivity index (χ3v) is 5.21. The molecule has 0 radical (unpaired) electrons. The van der Waals surface area contributed by atoms with E-state index in [0.29, 0.717) is 0 Å². The van der Waals surface area contributed by atoms with E-state index in [-0.39, 0.29) is 11.9 Å². The molecule has 4 rings (SSSR count). The third kappa shape index (κ3) is 2.53. The first-order chi connectivity index (χ1) is 11.2. The van der Waals surface area contributed by atoms with Crippen LogP contribution >= 0.6 is 11.3 Å². The van der Waals surface area contributed by atoms with Gasteiger partial charge in [0.05, 0.1) is 22.6 Å². The molecule has 1 amide bonds. The first-order valence-corrected chi connectivity index (χ1v) is 8.76. The molecule has 1 fully saturated rings. The van der Waals surface area contributed by atoms with Crippen molar-refractivity contribution in [2.24, 2.45) is 0 Å². The van der Waals surface area contributed by atoms with E-state index in [0.717, 1.165) is 47.7 Å². The molecule has 1 aliphatic heterocycles. The summed E-state index contributed by atoms with van der Waals surface area (Å²) in [7, 11) is 0. The monoisotopic (exact) mass is 326 g/mol. The number of imidazole rings is 1. The molecule has 5 nitrogen and oxygen atoms in total. The maximum atomic E-state index is 12.9. The molecule has 118 valence electrons. The Labute approximate surface area is 138 Å². The van der Waals surface area contributed by atoms with Gasteiger partial charge in [0.15, 0.2) is 0 Å². The summed E-state index contributed by atoms with van der Waals surface area (Å²) in [6, 6.07) is 5.85. The first-order valence-electron chi connectivity index (χ1n) is 7.88. The normalized spacial score (nSPS) is 18.5. The van der Waals surface area contributed by atoms with Gasteiger partial charge in [-0.05, 0) is 43.7 Å². The molecule has 3 aromatic rings. The highest BCUT2D eigenvalue weighted by Crippen LogP contribution is 2.32. The van der Waals surface area contributed by atoms with E-state index in [1.807, 2.05) is 46.0 Å². The van der Waals surface area contributed by atoms with Crippen LogP contribution in [0.4, 0.5) is 0 Å². The fourth-order valence-electron chi connectivity index (χ4n) is 3.30. The summed E-state index contributed by atoms with van der Waals surface area (Å²) in [4.78, 5) is 24.7. The van der Waals surface area contributed by atoms with Gasteiger partial charge in [-0.3, -0.25) is 9.20 Å². The minimum absolute atomic E-state index is 0.00921. The Balaban J connectivity index is 1.78. The van der Waals surface area contributed by atoms with Gasteiger partial charge in [-0.1, -0.05) is 6.07 Å². The predicted molar refractivity (Wildman–Crippen MR) is 89.7 cm³/mol. The van der Waals surface area contributed by atoms with Crippen LogP contribution in [0, 0.1) is 6.92 Å². The number of carbonyl (C=O) groups is 1. The number of rotatable bonds is 2. The Morgan fingerprint density at radius 2 is 2.30 bits per heavy atom. The van der Waals surface area contributed by atoms with Gasteiger partial charge in [0.1, 0.15) is 12.2 Å². The van der Waals surface area contributed by atoms with Crippen LogP contribution in [0.3, 0.4) is 0 Å². The number of hydrogen-bond acceptors (Lipinski definition) is 4. The average Bonchev–Trinajstić information content (AvgIpc) is 3.24. The number of likely N-dealkylation sites (tertiary alicyclic amines) is 1. The second-order valence-corrected chi connectivity index (χ2v) is 6.88. The van der Waals surface area contributed by atoms with Gasteiger partial charge in [-0.15, -0.1) is 11.3 Å². The van der Waals surface area contributed by atoms with Crippen molar-refractivity contribution in [1.29, 1.82) is 0 Å². The summed E-state index contributed by atoms with van der Waals surface area (Å²) in [5.74, 6) is 1.03. The number of fused-ring (bicyclic) bond motifs is 1. The van der Waals surface area contributed by atoms with E-state index in [9.17, 15) is 4.79 Å². The fraction of sp³-hybridized carbons (Fsp3) is 0.353. The van der Waals surface area contributed by atoms with Gasteiger partial charge in [-0.25, -0.2) is 9.97 Å². The summed E-state index contributed by atoms with van der Waals surface area (Å²) in [5, 5.41) is 1.95. The molecule has 1 atom stereocenters. The van der Waals surface area contributed by atoms with Crippen molar-refractivity contribution in [3.63, 3.8) is 0 Å². The van der Waals surface area contributed by atoms with Crippen LogP contribution in [-0.4, -0.2) is 31.7 Å². The zero-order chi connectivity index (χ0) is 15.8. The Bertz CT molecular complexity index is 840. The topological polar surface area (TPSA) is 50.5 Å². The second kappa shape index (κ2) is 5.77. The zero-order valence-electron chi connectivity index (χ0n) is 13.0. The lowest BCUT2D eigenvalue weighted by Crippen LogP contribution is -2.39. The highest BCUT2D eigenvalue weighted by Gasteiger charge is 2.31. The number of carbonyl (C=O) groups excluding carboxylic acids is 1. The molecule has 23 heavy (non-hydrogen) atoms. The highest BCUT2D eigenvalue weighted by molar-refractivity contribution is 7.12. The molecule has 3 aromatic heterocycles. The minimum Gasteiger partial charge on any atom is -0.328 e. The third-order valence-electron chi connectivity index (χ3n) is 4.36. The molecular weight excluding hydrogens is 308 g/mol. The van der Waals surface area contributed by atoms with Crippen molar-refractivity contribution >= 4 is 22.8 Å². The molecule has 0 N–H and O–H groups in total. The van der Waals surface area contributed by atoms with Crippen molar-refractivity contribution in [2.45, 2.75) is 32.2 Å². The number of aryl methyl sites for hydroxylation is 1. The highest BCUT2D eigenvalue weighted by atomic mass is 32.1. The lowest BCUT2D eigenvalue weighted by molar-refractivity contribution is 0.0603. The summed E-state index contributed by atoms with van der Waals surface area (Å²) >= 11 is 1.50. The zero-order valence-corrected chi connectivity index (χ0v) is 13.8. The Morgan fingerprint density at radius 1 is 1.39 bits per heavy atom. The predicted octanol–water partition coefficient (Wildman–Crippen LogP) is 3.47. The molecular formula is C17H18N4OS. The summed E-state index contributed by atoms with van der Waals surface area (Å²) in [5.41, 5.74) is 1.99. The molecule has 4 heterocycles. The summed E-state index contributed by atoms with van der Waals surface area (Å²) < 4.78 is 2.01. The summed E-state index contributed by atoms with van der Waals surface area (Å²) in [6.07, 6.45) is 6.74. The molecule has 0 aromatic carbocycles. The van der Waals surface area contributed by atoms with Crippen LogP contribution in [0.2, 0.25) is 0 Å². The second-order valence-electron chi connectivity index (χ2n) is 5.93. The van der Waals surface area contributed by atoms with Gasteiger partial charge in [0, 0.05) is 12.2 Å². The quantitative estimate of drug-likeness (QED) is 0.724. The molecule has 1 aliphatic rings. The van der Waals surface area contributed by atoms with Gasteiger partial charge in [0.2, 0.25) is 0 Å².